The number of carbonyl (C=O) groups is 1. The molecular weight excluding hydrogens is 350 g/mol. The summed E-state index contributed by atoms with van der Waals surface area (Å²) in [7, 11) is 1.56. The van der Waals surface area contributed by atoms with Crippen molar-refractivity contribution in [1.82, 2.24) is 9.38 Å². The minimum Gasteiger partial charge on any atom is -0.496 e. The molecule has 0 aliphatic rings. The van der Waals surface area contributed by atoms with Crippen molar-refractivity contribution >= 4 is 17.4 Å². The second kappa shape index (κ2) is 7.19. The Morgan fingerprint density at radius 3 is 2.57 bits per heavy atom. The van der Waals surface area contributed by atoms with Crippen molar-refractivity contribution < 1.29 is 9.53 Å². The second-order valence-electron chi connectivity index (χ2n) is 6.72. The number of nitrogens with zero attached hydrogens (tertiary/aromatic N) is 2. The Morgan fingerprint density at radius 2 is 1.82 bits per heavy atom. The molecule has 5 heteroatoms. The number of hydrogen-bond donors (Lipinski definition) is 1. The lowest BCUT2D eigenvalue weighted by Crippen LogP contribution is -2.15. The number of ether oxygens (including phenoxy) is 1. The fourth-order valence-corrected chi connectivity index (χ4v) is 3.29. The van der Waals surface area contributed by atoms with Crippen LogP contribution in [-0.2, 0) is 0 Å². The zero-order valence-corrected chi connectivity index (χ0v) is 16.1. The predicted molar refractivity (Wildman–Crippen MR) is 111 cm³/mol. The van der Waals surface area contributed by atoms with Gasteiger partial charge in [0.05, 0.1) is 12.7 Å². The molecule has 0 saturated heterocycles. The van der Waals surface area contributed by atoms with E-state index in [0.29, 0.717) is 17.1 Å². The van der Waals surface area contributed by atoms with Gasteiger partial charge in [-0.1, -0.05) is 48.0 Å². The normalized spacial score (nSPS) is 10.8. The van der Waals surface area contributed by atoms with E-state index in [0.717, 1.165) is 28.0 Å². The van der Waals surface area contributed by atoms with Gasteiger partial charge < -0.3 is 10.1 Å². The van der Waals surface area contributed by atoms with Crippen LogP contribution in [0.15, 0.2) is 66.9 Å². The molecule has 0 bridgehead atoms. The van der Waals surface area contributed by atoms with Crippen LogP contribution in [0.25, 0.3) is 16.9 Å². The van der Waals surface area contributed by atoms with Crippen LogP contribution in [0.3, 0.4) is 0 Å². The van der Waals surface area contributed by atoms with Gasteiger partial charge in [-0.05, 0) is 37.6 Å². The maximum absolute atomic E-state index is 13.1. The minimum atomic E-state index is -0.235. The van der Waals surface area contributed by atoms with Crippen LogP contribution in [0.4, 0.5) is 5.82 Å². The summed E-state index contributed by atoms with van der Waals surface area (Å²) in [5.41, 5.74) is 5.00. The fraction of sp³-hybridized carbons (Fsp3) is 0.130. The quantitative estimate of drug-likeness (QED) is 0.556. The number of nitrogens with one attached hydrogen (secondary N) is 1. The predicted octanol–water partition coefficient (Wildman–Crippen LogP) is 4.88. The summed E-state index contributed by atoms with van der Waals surface area (Å²) in [5, 5.41) is 3.06. The van der Waals surface area contributed by atoms with Crippen LogP contribution in [0.5, 0.6) is 5.75 Å². The molecule has 4 rings (SSSR count). The van der Waals surface area contributed by atoms with Gasteiger partial charge in [-0.25, -0.2) is 4.98 Å². The van der Waals surface area contributed by atoms with E-state index in [9.17, 15) is 4.79 Å². The monoisotopic (exact) mass is 371 g/mol. The summed E-state index contributed by atoms with van der Waals surface area (Å²) in [4.78, 5) is 17.9. The van der Waals surface area contributed by atoms with Crippen LogP contribution in [0, 0.1) is 13.8 Å². The lowest BCUT2D eigenvalue weighted by molar-refractivity contribution is 0.102. The van der Waals surface area contributed by atoms with E-state index >= 15 is 0 Å². The number of imidazole rings is 1. The summed E-state index contributed by atoms with van der Waals surface area (Å²) in [6.07, 6.45) is 1.91. The number of carbonyl (C=O) groups excluding carboxylic acids is 1. The molecule has 0 spiro atoms. The van der Waals surface area contributed by atoms with Gasteiger partial charge in [0.2, 0.25) is 0 Å². The van der Waals surface area contributed by atoms with E-state index in [-0.39, 0.29) is 5.91 Å². The first kappa shape index (κ1) is 17.8. The number of rotatable bonds is 4. The van der Waals surface area contributed by atoms with Gasteiger partial charge in [0, 0.05) is 11.8 Å². The average Bonchev–Trinajstić information content (AvgIpc) is 3.08. The summed E-state index contributed by atoms with van der Waals surface area (Å²) in [6, 6.07) is 19.4. The van der Waals surface area contributed by atoms with Crippen molar-refractivity contribution in [2.24, 2.45) is 0 Å². The van der Waals surface area contributed by atoms with Crippen LogP contribution >= 0.6 is 0 Å². The molecule has 0 aliphatic heterocycles. The van der Waals surface area contributed by atoms with Gasteiger partial charge in [-0.3, -0.25) is 9.20 Å². The molecule has 1 amide bonds. The first-order chi connectivity index (χ1) is 13.6. The first-order valence-corrected chi connectivity index (χ1v) is 9.07. The Bertz CT molecular complexity index is 1160. The average molecular weight is 371 g/mol. The van der Waals surface area contributed by atoms with Crippen LogP contribution in [-0.4, -0.2) is 22.4 Å². The molecular formula is C23H21N3O2. The fourth-order valence-electron chi connectivity index (χ4n) is 3.29. The van der Waals surface area contributed by atoms with Crippen LogP contribution < -0.4 is 10.1 Å². The topological polar surface area (TPSA) is 55.6 Å². The lowest BCUT2D eigenvalue weighted by Gasteiger charge is -2.11. The number of aromatic nitrogens is 2. The van der Waals surface area contributed by atoms with E-state index in [1.165, 1.54) is 0 Å². The second-order valence-corrected chi connectivity index (χ2v) is 6.72. The van der Waals surface area contributed by atoms with E-state index in [2.05, 4.69) is 5.32 Å². The first-order valence-electron chi connectivity index (χ1n) is 9.07. The van der Waals surface area contributed by atoms with Crippen molar-refractivity contribution in [3.05, 3.63) is 83.6 Å². The van der Waals surface area contributed by atoms with Crippen molar-refractivity contribution in [2.75, 3.05) is 12.4 Å². The highest BCUT2D eigenvalue weighted by atomic mass is 16.5. The third-order valence-electron chi connectivity index (χ3n) is 4.72. The Kier molecular flexibility index (Phi) is 4.57. The molecule has 5 nitrogen and oxygen atoms in total. The SMILES string of the molecule is COc1ccc(C)cc1C(=O)Nc1c(-c2ccccc2)nc2c(C)cccn12. The van der Waals surface area contributed by atoms with Gasteiger partial charge in [-0.15, -0.1) is 0 Å². The van der Waals surface area contributed by atoms with Gasteiger partial charge in [0.1, 0.15) is 22.9 Å². The third-order valence-corrected chi connectivity index (χ3v) is 4.72. The van der Waals surface area contributed by atoms with Gasteiger partial charge >= 0.3 is 0 Å². The number of pyridine rings is 1. The molecule has 0 saturated carbocycles. The molecule has 0 fully saturated rings. The van der Waals surface area contributed by atoms with Crippen LogP contribution in [0.2, 0.25) is 0 Å². The number of hydrogen-bond acceptors (Lipinski definition) is 3. The Balaban J connectivity index is 1.85. The number of amides is 1. The molecule has 1 N–H and O–H groups in total. The molecule has 2 aromatic carbocycles. The highest BCUT2D eigenvalue weighted by Crippen LogP contribution is 2.31. The molecule has 140 valence electrons. The Labute approximate surface area is 163 Å². The smallest absolute Gasteiger partial charge is 0.260 e. The Hall–Kier alpha value is -3.60. The number of fused-ring (bicyclic) bond motifs is 1. The minimum absolute atomic E-state index is 0.235. The molecule has 0 atom stereocenters. The highest BCUT2D eigenvalue weighted by molar-refractivity contribution is 6.07. The summed E-state index contributed by atoms with van der Waals surface area (Å²) in [6.45, 7) is 3.95. The van der Waals surface area contributed by atoms with E-state index in [1.54, 1.807) is 13.2 Å². The number of anilines is 1. The maximum Gasteiger partial charge on any atom is 0.260 e. The Morgan fingerprint density at radius 1 is 1.04 bits per heavy atom. The molecule has 0 unspecified atom stereocenters. The van der Waals surface area contributed by atoms with Crippen LogP contribution in [0.1, 0.15) is 21.5 Å². The lowest BCUT2D eigenvalue weighted by atomic mass is 10.1. The zero-order chi connectivity index (χ0) is 19.7. The molecule has 2 aromatic heterocycles. The number of benzene rings is 2. The highest BCUT2D eigenvalue weighted by Gasteiger charge is 2.20. The van der Waals surface area contributed by atoms with Crippen molar-refractivity contribution in [3.63, 3.8) is 0 Å². The van der Waals surface area contributed by atoms with Gasteiger partial charge in [0.15, 0.2) is 0 Å². The largest absolute Gasteiger partial charge is 0.496 e. The zero-order valence-electron chi connectivity index (χ0n) is 16.1. The number of methoxy groups -OCH3 is 1. The third kappa shape index (κ3) is 3.11. The van der Waals surface area contributed by atoms with Gasteiger partial charge in [0.25, 0.3) is 5.91 Å². The molecule has 4 aromatic rings. The molecule has 2 heterocycles. The van der Waals surface area contributed by atoms with Gasteiger partial charge in [-0.2, -0.15) is 0 Å². The molecule has 0 aliphatic carbocycles. The standard InChI is InChI=1S/C23H21N3O2/c1-15-11-12-19(28-3)18(14-15)23(27)25-22-20(17-9-5-4-6-10-17)24-21-16(2)8-7-13-26(21)22/h4-14H,1-3H3,(H,25,27). The molecule has 28 heavy (non-hydrogen) atoms. The van der Waals surface area contributed by atoms with Crippen molar-refractivity contribution in [1.29, 1.82) is 0 Å². The molecule has 0 radical (unpaired) electrons. The van der Waals surface area contributed by atoms with E-state index in [4.69, 9.17) is 9.72 Å². The summed E-state index contributed by atoms with van der Waals surface area (Å²) in [5.74, 6) is 0.939. The number of aryl methyl sites for hydroxylation is 2. The summed E-state index contributed by atoms with van der Waals surface area (Å²) < 4.78 is 7.29. The van der Waals surface area contributed by atoms with Crippen molar-refractivity contribution in [2.45, 2.75) is 13.8 Å². The van der Waals surface area contributed by atoms with E-state index < -0.39 is 0 Å². The maximum atomic E-state index is 13.1. The summed E-state index contributed by atoms with van der Waals surface area (Å²) >= 11 is 0. The van der Waals surface area contributed by atoms with Crippen molar-refractivity contribution in [3.8, 4) is 17.0 Å². The van der Waals surface area contributed by atoms with E-state index in [1.807, 2.05) is 79.0 Å².